The minimum atomic E-state index is -0.721. The average molecular weight is 310 g/mol. The molecule has 2 aromatic carbocycles. The molecule has 1 fully saturated rings. The van der Waals surface area contributed by atoms with Crippen molar-refractivity contribution in [3.63, 3.8) is 0 Å². The fourth-order valence-electron chi connectivity index (χ4n) is 3.14. The molecule has 1 amide bonds. The highest BCUT2D eigenvalue weighted by atomic mass is 19.1. The highest BCUT2D eigenvalue weighted by Crippen LogP contribution is 2.41. The van der Waals surface area contributed by atoms with Crippen molar-refractivity contribution >= 4 is 5.91 Å². The first kappa shape index (κ1) is 15.2. The fourth-order valence-corrected chi connectivity index (χ4v) is 3.14. The maximum atomic E-state index is 13.9. The maximum absolute atomic E-state index is 13.9. The third kappa shape index (κ3) is 2.47. The number of hydrogen-bond acceptors (Lipinski definition) is 3. The summed E-state index contributed by atoms with van der Waals surface area (Å²) in [5, 5.41) is 19.1. The van der Waals surface area contributed by atoms with Crippen LogP contribution in [0, 0.1) is 17.1 Å². The number of rotatable bonds is 3. The molecule has 2 aromatic rings. The molecule has 0 saturated carbocycles. The molecule has 116 valence electrons. The van der Waals surface area contributed by atoms with Crippen molar-refractivity contribution in [1.29, 1.82) is 5.26 Å². The van der Waals surface area contributed by atoms with E-state index in [9.17, 15) is 19.6 Å². The Hall–Kier alpha value is -2.71. The maximum Gasteiger partial charge on any atom is 0.258 e. The van der Waals surface area contributed by atoms with Crippen LogP contribution in [0.2, 0.25) is 0 Å². The number of aliphatic hydroxyl groups excluding tert-OH is 1. The number of carbonyl (C=O) groups is 1. The van der Waals surface area contributed by atoms with Crippen molar-refractivity contribution < 1.29 is 14.3 Å². The minimum Gasteiger partial charge on any atom is -0.394 e. The molecule has 5 heteroatoms. The van der Waals surface area contributed by atoms with Crippen molar-refractivity contribution in [2.24, 2.45) is 0 Å². The van der Waals surface area contributed by atoms with Crippen molar-refractivity contribution in [2.75, 3.05) is 6.61 Å². The second-order valence-corrected chi connectivity index (χ2v) is 5.45. The largest absolute Gasteiger partial charge is 0.394 e. The zero-order valence-electron chi connectivity index (χ0n) is 12.3. The van der Waals surface area contributed by atoms with Gasteiger partial charge in [0.25, 0.3) is 5.91 Å². The zero-order valence-corrected chi connectivity index (χ0v) is 12.3. The van der Waals surface area contributed by atoms with E-state index in [0.29, 0.717) is 0 Å². The molecule has 4 nitrogen and oxygen atoms in total. The lowest BCUT2D eigenvalue weighted by Crippen LogP contribution is -2.65. The predicted molar refractivity (Wildman–Crippen MR) is 82.0 cm³/mol. The molecule has 3 atom stereocenters. The number of halogens is 1. The Morgan fingerprint density at radius 2 is 1.83 bits per heavy atom. The number of likely N-dealkylation sites (tertiary alicyclic amines) is 1. The zero-order chi connectivity index (χ0) is 16.4. The van der Waals surface area contributed by atoms with Gasteiger partial charge in [0.1, 0.15) is 11.9 Å². The van der Waals surface area contributed by atoms with Gasteiger partial charge in [-0.3, -0.25) is 4.79 Å². The summed E-state index contributed by atoms with van der Waals surface area (Å²) in [6.07, 6.45) is 0. The van der Waals surface area contributed by atoms with E-state index in [4.69, 9.17) is 0 Å². The molecular formula is C18H15FN2O2. The van der Waals surface area contributed by atoms with Gasteiger partial charge in [0.2, 0.25) is 0 Å². The lowest BCUT2D eigenvalue weighted by molar-refractivity contribution is -0.00618. The summed E-state index contributed by atoms with van der Waals surface area (Å²) in [5.41, 5.74) is 0.799. The Morgan fingerprint density at radius 3 is 2.43 bits per heavy atom. The van der Waals surface area contributed by atoms with E-state index in [1.165, 1.54) is 23.1 Å². The first-order valence-electron chi connectivity index (χ1n) is 7.31. The Kier molecular flexibility index (Phi) is 4.09. The highest BCUT2D eigenvalue weighted by Gasteiger charge is 2.52. The second-order valence-electron chi connectivity index (χ2n) is 5.45. The number of benzene rings is 2. The number of aliphatic hydroxyl groups is 1. The van der Waals surface area contributed by atoms with Crippen molar-refractivity contribution in [3.05, 3.63) is 71.5 Å². The molecule has 1 aliphatic rings. The monoisotopic (exact) mass is 310 g/mol. The minimum absolute atomic E-state index is 0.0855. The van der Waals surface area contributed by atoms with Crippen LogP contribution in [0.25, 0.3) is 0 Å². The topological polar surface area (TPSA) is 64.3 Å². The Bertz CT molecular complexity index is 757. The first-order chi connectivity index (χ1) is 11.2. The smallest absolute Gasteiger partial charge is 0.258 e. The molecular weight excluding hydrogens is 295 g/mol. The van der Waals surface area contributed by atoms with Gasteiger partial charge in [0, 0.05) is 5.92 Å². The van der Waals surface area contributed by atoms with Crippen LogP contribution in [0.5, 0.6) is 0 Å². The lowest BCUT2D eigenvalue weighted by atomic mass is 9.75. The van der Waals surface area contributed by atoms with Gasteiger partial charge in [0.05, 0.1) is 24.3 Å². The van der Waals surface area contributed by atoms with Gasteiger partial charge in [0.15, 0.2) is 0 Å². The molecule has 0 radical (unpaired) electrons. The van der Waals surface area contributed by atoms with Crippen LogP contribution in [0.4, 0.5) is 4.39 Å². The molecule has 0 aromatic heterocycles. The van der Waals surface area contributed by atoms with E-state index >= 15 is 0 Å². The Balaban J connectivity index is 1.93. The summed E-state index contributed by atoms with van der Waals surface area (Å²) in [7, 11) is 0. The van der Waals surface area contributed by atoms with Gasteiger partial charge >= 0.3 is 0 Å². The third-order valence-corrected chi connectivity index (χ3v) is 4.25. The van der Waals surface area contributed by atoms with E-state index in [-0.39, 0.29) is 18.1 Å². The molecule has 0 aliphatic carbocycles. The SMILES string of the molecule is N#C[C@H]1[C@@H](c2ccccc2)[C@@H](CO)N1C(=O)c1ccccc1F. The van der Waals surface area contributed by atoms with Crippen LogP contribution in [0.15, 0.2) is 54.6 Å². The summed E-state index contributed by atoms with van der Waals surface area (Å²) in [6.45, 7) is -0.280. The number of amides is 1. The number of carbonyl (C=O) groups excluding carboxylic acids is 1. The normalized spacial score (nSPS) is 23.0. The highest BCUT2D eigenvalue weighted by molar-refractivity contribution is 5.96. The molecule has 1 heterocycles. The summed E-state index contributed by atoms with van der Waals surface area (Å²) in [4.78, 5) is 13.9. The standard InChI is InChI=1S/C18H15FN2O2/c19-14-9-5-4-8-13(14)18(23)21-15(10-20)17(16(21)11-22)12-6-2-1-3-7-12/h1-9,15-17,22H,11H2/t15-,16+,17+/m0/s1. The number of nitriles is 1. The lowest BCUT2D eigenvalue weighted by Gasteiger charge is -2.51. The van der Waals surface area contributed by atoms with E-state index in [2.05, 4.69) is 6.07 Å². The van der Waals surface area contributed by atoms with Gasteiger partial charge in [-0.2, -0.15) is 5.26 Å². The predicted octanol–water partition coefficient (Wildman–Crippen LogP) is 2.32. The van der Waals surface area contributed by atoms with Crippen molar-refractivity contribution in [2.45, 2.75) is 18.0 Å². The average Bonchev–Trinajstić information content (AvgIpc) is 2.56. The Labute approximate surface area is 133 Å². The van der Waals surface area contributed by atoms with Gasteiger partial charge in [-0.25, -0.2) is 4.39 Å². The third-order valence-electron chi connectivity index (χ3n) is 4.25. The molecule has 0 bridgehead atoms. The van der Waals surface area contributed by atoms with E-state index in [1.807, 2.05) is 30.3 Å². The van der Waals surface area contributed by atoms with Crippen LogP contribution >= 0.6 is 0 Å². The van der Waals surface area contributed by atoms with Gasteiger partial charge < -0.3 is 10.0 Å². The molecule has 1 saturated heterocycles. The van der Waals surface area contributed by atoms with Crippen LogP contribution in [0.3, 0.4) is 0 Å². The van der Waals surface area contributed by atoms with Crippen LogP contribution in [-0.4, -0.2) is 34.6 Å². The molecule has 0 spiro atoms. The summed E-state index contributed by atoms with van der Waals surface area (Å²) in [6, 6.07) is 15.8. The molecule has 23 heavy (non-hydrogen) atoms. The van der Waals surface area contributed by atoms with Crippen LogP contribution in [-0.2, 0) is 0 Å². The second kappa shape index (κ2) is 6.19. The van der Waals surface area contributed by atoms with Crippen LogP contribution < -0.4 is 0 Å². The Morgan fingerprint density at radius 1 is 1.17 bits per heavy atom. The summed E-state index contributed by atoms with van der Waals surface area (Å²) >= 11 is 0. The molecule has 1 N–H and O–H groups in total. The van der Waals surface area contributed by atoms with Gasteiger partial charge in [-0.1, -0.05) is 42.5 Å². The van der Waals surface area contributed by atoms with Crippen molar-refractivity contribution in [1.82, 2.24) is 4.90 Å². The molecule has 1 aliphatic heterocycles. The quantitative estimate of drug-likeness (QED) is 0.946. The number of hydrogen-bond donors (Lipinski definition) is 1. The molecule has 3 rings (SSSR count). The van der Waals surface area contributed by atoms with E-state index < -0.39 is 23.8 Å². The number of nitrogens with zero attached hydrogens (tertiary/aromatic N) is 2. The first-order valence-corrected chi connectivity index (χ1v) is 7.31. The van der Waals surface area contributed by atoms with E-state index in [0.717, 1.165) is 5.56 Å². The van der Waals surface area contributed by atoms with E-state index in [1.54, 1.807) is 6.07 Å². The van der Waals surface area contributed by atoms with Crippen LogP contribution in [0.1, 0.15) is 21.8 Å². The molecule has 0 unspecified atom stereocenters. The van der Waals surface area contributed by atoms with Gasteiger partial charge in [-0.05, 0) is 17.7 Å². The summed E-state index contributed by atoms with van der Waals surface area (Å²) in [5.74, 6) is -1.48. The van der Waals surface area contributed by atoms with Gasteiger partial charge in [-0.15, -0.1) is 0 Å². The fraction of sp³-hybridized carbons (Fsp3) is 0.222. The van der Waals surface area contributed by atoms with Crippen molar-refractivity contribution in [3.8, 4) is 6.07 Å². The summed E-state index contributed by atoms with van der Waals surface area (Å²) < 4.78 is 13.9.